The van der Waals surface area contributed by atoms with E-state index in [1.807, 2.05) is 0 Å². The summed E-state index contributed by atoms with van der Waals surface area (Å²) in [6, 6.07) is 9.82. The summed E-state index contributed by atoms with van der Waals surface area (Å²) in [7, 11) is 0. The zero-order chi connectivity index (χ0) is 19.6. The van der Waals surface area contributed by atoms with Crippen LogP contribution in [0, 0.1) is 5.92 Å². The Kier molecular flexibility index (Phi) is 6.27. The van der Waals surface area contributed by atoms with Gasteiger partial charge in [-0.05, 0) is 57.6 Å². The lowest BCUT2D eigenvalue weighted by Gasteiger charge is -2.37. The highest BCUT2D eigenvalue weighted by molar-refractivity contribution is 5.87. The third kappa shape index (κ3) is 4.91. The third-order valence-corrected chi connectivity index (χ3v) is 6.32. The van der Waals surface area contributed by atoms with Gasteiger partial charge < -0.3 is 10.2 Å². The molecule has 1 N–H and O–H groups in total. The molecule has 0 radical (unpaired) electrons. The number of carbonyl (C=O) groups excluding carboxylic acids is 1. The van der Waals surface area contributed by atoms with Gasteiger partial charge in [-0.25, -0.2) is 0 Å². The first-order valence-corrected chi connectivity index (χ1v) is 10.6. The zero-order valence-corrected chi connectivity index (χ0v) is 17.8. The maximum atomic E-state index is 13.1. The van der Waals surface area contributed by atoms with Crippen LogP contribution in [0.3, 0.4) is 0 Å². The fraction of sp³-hybridized carbons (Fsp3) is 0.696. The van der Waals surface area contributed by atoms with E-state index in [0.29, 0.717) is 12.1 Å². The average Bonchev–Trinajstić information content (AvgIpc) is 2.61. The first-order chi connectivity index (χ1) is 12.8. The Morgan fingerprint density at radius 1 is 1.04 bits per heavy atom. The molecule has 0 aliphatic carbocycles. The van der Waals surface area contributed by atoms with Crippen LogP contribution in [0.25, 0.3) is 0 Å². The van der Waals surface area contributed by atoms with Crippen LogP contribution in [-0.4, -0.2) is 54.0 Å². The van der Waals surface area contributed by atoms with Gasteiger partial charge in [0, 0.05) is 44.8 Å². The van der Waals surface area contributed by atoms with E-state index >= 15 is 0 Å². The summed E-state index contributed by atoms with van der Waals surface area (Å²) in [5.41, 5.74) is 1.99. The lowest BCUT2D eigenvalue weighted by molar-refractivity contribution is -0.137. The Morgan fingerprint density at radius 3 is 2.15 bits per heavy atom. The highest BCUT2D eigenvalue weighted by Gasteiger charge is 2.35. The second kappa shape index (κ2) is 8.32. The van der Waals surface area contributed by atoms with Crippen molar-refractivity contribution >= 4 is 5.91 Å². The second-order valence-electron chi connectivity index (χ2n) is 9.46. The molecular weight excluding hydrogens is 334 g/mol. The molecule has 3 rings (SSSR count). The Hall–Kier alpha value is -1.39. The predicted octanol–water partition coefficient (Wildman–Crippen LogP) is 3.40. The number of nitrogens with one attached hydrogen (secondary N) is 1. The maximum Gasteiger partial charge on any atom is 0.232 e. The first kappa shape index (κ1) is 20.3. The van der Waals surface area contributed by atoms with Gasteiger partial charge in [-0.1, -0.05) is 31.2 Å². The minimum absolute atomic E-state index is 0.270. The molecule has 4 nitrogen and oxygen atoms in total. The molecule has 1 aromatic rings. The molecule has 0 bridgehead atoms. The molecule has 2 fully saturated rings. The summed E-state index contributed by atoms with van der Waals surface area (Å²) in [6.07, 6.45) is 2.25. The molecule has 2 saturated heterocycles. The van der Waals surface area contributed by atoms with Crippen molar-refractivity contribution in [1.82, 2.24) is 15.1 Å². The van der Waals surface area contributed by atoms with E-state index in [0.717, 1.165) is 57.0 Å². The predicted molar refractivity (Wildman–Crippen MR) is 112 cm³/mol. The molecule has 0 spiro atoms. The summed E-state index contributed by atoms with van der Waals surface area (Å²) < 4.78 is 0. The quantitative estimate of drug-likeness (QED) is 0.881. The van der Waals surface area contributed by atoms with Crippen molar-refractivity contribution in [2.45, 2.75) is 71.5 Å². The van der Waals surface area contributed by atoms with Crippen molar-refractivity contribution in [3.63, 3.8) is 0 Å². The van der Waals surface area contributed by atoms with Crippen molar-refractivity contribution < 1.29 is 4.79 Å². The van der Waals surface area contributed by atoms with Crippen molar-refractivity contribution in [2.75, 3.05) is 26.2 Å². The zero-order valence-electron chi connectivity index (χ0n) is 17.8. The van der Waals surface area contributed by atoms with E-state index < -0.39 is 5.41 Å². The van der Waals surface area contributed by atoms with Gasteiger partial charge in [-0.15, -0.1) is 0 Å². The summed E-state index contributed by atoms with van der Waals surface area (Å²) in [5, 5.41) is 3.59. The fourth-order valence-corrected chi connectivity index (χ4v) is 4.58. The molecule has 27 heavy (non-hydrogen) atoms. The van der Waals surface area contributed by atoms with Gasteiger partial charge in [0.25, 0.3) is 0 Å². The van der Waals surface area contributed by atoms with E-state index in [4.69, 9.17) is 0 Å². The highest BCUT2D eigenvalue weighted by Crippen LogP contribution is 2.28. The van der Waals surface area contributed by atoms with Gasteiger partial charge in [0.1, 0.15) is 0 Å². The lowest BCUT2D eigenvalue weighted by atomic mass is 9.82. The minimum atomic E-state index is -0.461. The molecule has 1 aromatic carbocycles. The Morgan fingerprint density at radius 2 is 1.59 bits per heavy atom. The second-order valence-corrected chi connectivity index (χ2v) is 9.46. The highest BCUT2D eigenvalue weighted by atomic mass is 16.2. The molecule has 2 atom stereocenters. The number of benzene rings is 1. The van der Waals surface area contributed by atoms with Crippen LogP contribution in [0.1, 0.15) is 58.6 Å². The van der Waals surface area contributed by atoms with Gasteiger partial charge in [0.15, 0.2) is 0 Å². The van der Waals surface area contributed by atoms with Crippen LogP contribution >= 0.6 is 0 Å². The Balaban J connectivity index is 1.64. The molecule has 2 aliphatic heterocycles. The van der Waals surface area contributed by atoms with Crippen molar-refractivity contribution in [2.24, 2.45) is 5.92 Å². The van der Waals surface area contributed by atoms with Crippen molar-refractivity contribution in [3.8, 4) is 0 Å². The van der Waals surface area contributed by atoms with Gasteiger partial charge in [0.05, 0.1) is 5.41 Å². The molecule has 2 heterocycles. The topological polar surface area (TPSA) is 35.6 Å². The summed E-state index contributed by atoms with van der Waals surface area (Å²) in [4.78, 5) is 17.7. The summed E-state index contributed by atoms with van der Waals surface area (Å²) in [5.74, 6) is 1.01. The van der Waals surface area contributed by atoms with Crippen LogP contribution in [-0.2, 0) is 16.8 Å². The number of hydrogen-bond donors (Lipinski definition) is 1. The van der Waals surface area contributed by atoms with E-state index in [1.54, 1.807) is 0 Å². The van der Waals surface area contributed by atoms with Crippen molar-refractivity contribution in [1.29, 1.82) is 0 Å². The molecule has 2 aliphatic rings. The first-order valence-electron chi connectivity index (χ1n) is 10.6. The number of amides is 1. The van der Waals surface area contributed by atoms with Crippen LogP contribution in [0.15, 0.2) is 24.3 Å². The number of piperidine rings is 1. The number of carbonyl (C=O) groups is 1. The molecule has 0 unspecified atom stereocenters. The number of piperazine rings is 1. The van der Waals surface area contributed by atoms with E-state index in [2.05, 4.69) is 74.0 Å². The summed E-state index contributed by atoms with van der Waals surface area (Å²) in [6.45, 7) is 15.9. The van der Waals surface area contributed by atoms with Gasteiger partial charge in [-0.3, -0.25) is 9.69 Å². The molecule has 1 amide bonds. The monoisotopic (exact) mass is 371 g/mol. The van der Waals surface area contributed by atoms with Crippen LogP contribution in [0.4, 0.5) is 0 Å². The molecule has 0 aromatic heterocycles. The normalized spacial score (nSPS) is 25.6. The van der Waals surface area contributed by atoms with E-state index in [9.17, 15) is 4.79 Å². The Bertz CT molecular complexity index is 622. The molecule has 150 valence electrons. The molecular formula is C23H37N3O. The molecule has 4 heteroatoms. The Labute approximate surface area is 165 Å². The number of likely N-dealkylation sites (tertiary alicyclic amines) is 1. The molecule has 0 saturated carbocycles. The SMILES string of the molecule is CC1CCN(C(=O)C(C)(C)c2ccc(CN3C[C@@H](C)N[C@@H](C)C3)cc2)CC1. The van der Waals surface area contributed by atoms with Gasteiger partial charge in [-0.2, -0.15) is 0 Å². The van der Waals surface area contributed by atoms with Crippen LogP contribution in [0.5, 0.6) is 0 Å². The van der Waals surface area contributed by atoms with Crippen LogP contribution < -0.4 is 5.32 Å². The van der Waals surface area contributed by atoms with Gasteiger partial charge in [0.2, 0.25) is 5.91 Å². The lowest BCUT2D eigenvalue weighted by Crippen LogP contribution is -2.53. The summed E-state index contributed by atoms with van der Waals surface area (Å²) >= 11 is 0. The number of nitrogens with zero attached hydrogens (tertiary/aromatic N) is 2. The smallest absolute Gasteiger partial charge is 0.232 e. The maximum absolute atomic E-state index is 13.1. The number of hydrogen-bond acceptors (Lipinski definition) is 3. The largest absolute Gasteiger partial charge is 0.342 e. The van der Waals surface area contributed by atoms with E-state index in [-0.39, 0.29) is 5.91 Å². The standard InChI is InChI=1S/C23H37N3O/c1-17-10-12-26(13-11-17)22(27)23(4,5)21-8-6-20(7-9-21)16-25-14-18(2)24-19(3)15-25/h6-9,17-19,24H,10-16H2,1-5H3/t18-,19+. The average molecular weight is 372 g/mol. The number of rotatable bonds is 4. The van der Waals surface area contributed by atoms with Gasteiger partial charge >= 0.3 is 0 Å². The van der Waals surface area contributed by atoms with E-state index in [1.165, 1.54) is 5.56 Å². The van der Waals surface area contributed by atoms with Crippen molar-refractivity contribution in [3.05, 3.63) is 35.4 Å². The fourth-order valence-electron chi connectivity index (χ4n) is 4.58. The third-order valence-electron chi connectivity index (χ3n) is 6.32. The minimum Gasteiger partial charge on any atom is -0.342 e. The van der Waals surface area contributed by atoms with Crippen LogP contribution in [0.2, 0.25) is 0 Å².